The van der Waals surface area contributed by atoms with Crippen LogP contribution in [-0.4, -0.2) is 51.3 Å². The van der Waals surface area contributed by atoms with Crippen LogP contribution in [0.1, 0.15) is 6.42 Å². The van der Waals surface area contributed by atoms with Crippen LogP contribution in [0, 0.1) is 0 Å². The Balaban J connectivity index is 1.25. The number of aromatic nitrogens is 4. The quantitative estimate of drug-likeness (QED) is 0.170. The summed E-state index contributed by atoms with van der Waals surface area (Å²) in [5.41, 5.74) is 5.69. The van der Waals surface area contributed by atoms with E-state index < -0.39 is 0 Å². The number of aromatic amines is 1. The molecule has 0 aliphatic heterocycles. The molecular weight excluding hydrogens is 476 g/mol. The molecule has 5 rings (SSSR count). The van der Waals surface area contributed by atoms with Crippen molar-refractivity contribution < 1.29 is 9.84 Å². The molecule has 0 radical (unpaired) electrons. The van der Waals surface area contributed by atoms with Crippen LogP contribution in [-0.2, 0) is 0 Å². The number of aliphatic hydroxyl groups is 1. The third kappa shape index (κ3) is 6.61. The number of ether oxygens (including phenoxy) is 1. The van der Waals surface area contributed by atoms with Crippen molar-refractivity contribution in [3.63, 3.8) is 0 Å². The van der Waals surface area contributed by atoms with Crippen LogP contribution in [0.15, 0.2) is 97.3 Å². The Morgan fingerprint density at radius 1 is 0.816 bits per heavy atom. The van der Waals surface area contributed by atoms with E-state index in [1.165, 1.54) is 0 Å². The lowest BCUT2D eigenvalue weighted by Gasteiger charge is -2.10. The molecule has 3 aromatic carbocycles. The maximum atomic E-state index is 8.81. The molecule has 0 bridgehead atoms. The van der Waals surface area contributed by atoms with Gasteiger partial charge in [-0.3, -0.25) is 0 Å². The fourth-order valence-corrected chi connectivity index (χ4v) is 4.03. The highest BCUT2D eigenvalue weighted by molar-refractivity contribution is 5.71. The van der Waals surface area contributed by atoms with E-state index >= 15 is 0 Å². The van der Waals surface area contributed by atoms with Gasteiger partial charge in [-0.15, -0.1) is 0 Å². The zero-order valence-electron chi connectivity index (χ0n) is 21.0. The topological polar surface area (TPSA) is 108 Å². The Labute approximate surface area is 221 Å². The van der Waals surface area contributed by atoms with Crippen molar-refractivity contribution in [1.29, 1.82) is 0 Å². The molecule has 0 aliphatic carbocycles. The molecule has 2 aromatic heterocycles. The maximum absolute atomic E-state index is 8.81. The average molecular weight is 507 g/mol. The second-order valence-electron chi connectivity index (χ2n) is 8.69. The average Bonchev–Trinajstić information content (AvgIpc) is 3.47. The molecule has 38 heavy (non-hydrogen) atoms. The lowest BCUT2D eigenvalue weighted by Crippen LogP contribution is -2.20. The predicted molar refractivity (Wildman–Crippen MR) is 150 cm³/mol. The SMILES string of the molecule is OCCNCCCOc1cccc(Nc2nccc(-c3cnc(-c4cccc(-c5ccccc5)c4)[nH]3)n2)c1. The summed E-state index contributed by atoms with van der Waals surface area (Å²) in [4.78, 5) is 17.1. The van der Waals surface area contributed by atoms with Gasteiger partial charge in [0.1, 0.15) is 11.6 Å². The lowest BCUT2D eigenvalue weighted by atomic mass is 10.0. The minimum atomic E-state index is 0.141. The van der Waals surface area contributed by atoms with Gasteiger partial charge >= 0.3 is 0 Å². The molecule has 0 saturated carbocycles. The van der Waals surface area contributed by atoms with Crippen molar-refractivity contribution in [2.45, 2.75) is 6.42 Å². The summed E-state index contributed by atoms with van der Waals surface area (Å²) in [5.74, 6) is 2.03. The summed E-state index contributed by atoms with van der Waals surface area (Å²) in [5, 5.41) is 15.2. The number of nitrogens with zero attached hydrogens (tertiary/aromatic N) is 3. The highest BCUT2D eigenvalue weighted by atomic mass is 16.5. The molecule has 5 aromatic rings. The molecule has 0 amide bonds. The first-order valence-corrected chi connectivity index (χ1v) is 12.6. The summed E-state index contributed by atoms with van der Waals surface area (Å²) in [7, 11) is 0. The molecule has 0 aliphatic rings. The molecule has 0 fully saturated rings. The second-order valence-corrected chi connectivity index (χ2v) is 8.69. The van der Waals surface area contributed by atoms with Crippen LogP contribution in [0.25, 0.3) is 33.9 Å². The van der Waals surface area contributed by atoms with Crippen LogP contribution in [0.4, 0.5) is 11.6 Å². The van der Waals surface area contributed by atoms with Gasteiger partial charge in [0.25, 0.3) is 0 Å². The van der Waals surface area contributed by atoms with Gasteiger partial charge in [-0.25, -0.2) is 15.0 Å². The van der Waals surface area contributed by atoms with Gasteiger partial charge in [0, 0.05) is 30.1 Å². The van der Waals surface area contributed by atoms with Gasteiger partial charge in [0.15, 0.2) is 0 Å². The molecule has 0 unspecified atom stereocenters. The molecule has 0 spiro atoms. The molecular formula is C30H30N6O2. The van der Waals surface area contributed by atoms with Crippen molar-refractivity contribution in [2.24, 2.45) is 0 Å². The lowest BCUT2D eigenvalue weighted by molar-refractivity contribution is 0.282. The minimum Gasteiger partial charge on any atom is -0.493 e. The molecule has 8 nitrogen and oxygen atoms in total. The highest BCUT2D eigenvalue weighted by Crippen LogP contribution is 2.27. The Hall–Kier alpha value is -4.53. The largest absolute Gasteiger partial charge is 0.493 e. The van der Waals surface area contributed by atoms with Gasteiger partial charge in [0.2, 0.25) is 5.95 Å². The molecule has 192 valence electrons. The maximum Gasteiger partial charge on any atom is 0.227 e. The van der Waals surface area contributed by atoms with E-state index in [4.69, 9.17) is 9.84 Å². The van der Waals surface area contributed by atoms with E-state index in [0.717, 1.165) is 58.3 Å². The van der Waals surface area contributed by atoms with Gasteiger partial charge < -0.3 is 25.5 Å². The van der Waals surface area contributed by atoms with Crippen molar-refractivity contribution in [3.8, 4) is 39.7 Å². The first-order valence-electron chi connectivity index (χ1n) is 12.6. The van der Waals surface area contributed by atoms with Crippen LogP contribution in [0.2, 0.25) is 0 Å². The van der Waals surface area contributed by atoms with Gasteiger partial charge in [0.05, 0.1) is 30.8 Å². The number of hydrogen-bond acceptors (Lipinski definition) is 7. The van der Waals surface area contributed by atoms with E-state index in [2.05, 4.69) is 54.8 Å². The summed E-state index contributed by atoms with van der Waals surface area (Å²) in [6, 6.07) is 28.2. The normalized spacial score (nSPS) is 10.9. The van der Waals surface area contributed by atoms with Gasteiger partial charge in [-0.1, -0.05) is 54.6 Å². The van der Waals surface area contributed by atoms with Crippen molar-refractivity contribution in [3.05, 3.63) is 97.3 Å². The number of rotatable bonds is 12. The van der Waals surface area contributed by atoms with Gasteiger partial charge in [-0.2, -0.15) is 0 Å². The number of H-pyrrole nitrogens is 1. The van der Waals surface area contributed by atoms with Crippen LogP contribution in [0.5, 0.6) is 5.75 Å². The zero-order chi connectivity index (χ0) is 26.0. The van der Waals surface area contributed by atoms with E-state index in [9.17, 15) is 0 Å². The standard InChI is InChI=1S/C30H30N6O2/c37-17-16-31-14-6-18-38-26-12-5-11-25(20-26)34-30-32-15-13-27(36-30)28-21-33-29(35-28)24-10-4-9-23(19-24)22-7-2-1-3-8-22/h1-5,7-13,15,19-21,31,37H,6,14,16-18H2,(H,33,35)(H,32,34,36). The van der Waals surface area contributed by atoms with Crippen molar-refractivity contribution in [2.75, 3.05) is 31.6 Å². The monoisotopic (exact) mass is 506 g/mol. The third-order valence-corrected chi connectivity index (χ3v) is 5.90. The van der Waals surface area contributed by atoms with E-state index in [1.807, 2.05) is 60.7 Å². The fraction of sp³-hybridized carbons (Fsp3) is 0.167. The summed E-state index contributed by atoms with van der Waals surface area (Å²) >= 11 is 0. The fourth-order valence-electron chi connectivity index (χ4n) is 4.03. The number of anilines is 2. The minimum absolute atomic E-state index is 0.141. The van der Waals surface area contributed by atoms with Crippen molar-refractivity contribution >= 4 is 11.6 Å². The van der Waals surface area contributed by atoms with Crippen LogP contribution in [0.3, 0.4) is 0 Å². The molecule has 8 heteroatoms. The van der Waals surface area contributed by atoms with E-state index in [1.54, 1.807) is 12.4 Å². The van der Waals surface area contributed by atoms with Crippen LogP contribution < -0.4 is 15.4 Å². The Kier molecular flexibility index (Phi) is 8.35. The Morgan fingerprint density at radius 3 is 2.55 bits per heavy atom. The summed E-state index contributed by atoms with van der Waals surface area (Å²) in [6.45, 7) is 2.12. The van der Waals surface area contributed by atoms with Crippen LogP contribution >= 0.6 is 0 Å². The summed E-state index contributed by atoms with van der Waals surface area (Å²) < 4.78 is 5.84. The molecule has 0 atom stereocenters. The van der Waals surface area contributed by atoms with Crippen molar-refractivity contribution in [1.82, 2.24) is 25.3 Å². The smallest absolute Gasteiger partial charge is 0.227 e. The van der Waals surface area contributed by atoms with E-state index in [-0.39, 0.29) is 6.61 Å². The first kappa shape index (κ1) is 25.1. The van der Waals surface area contributed by atoms with E-state index in [0.29, 0.717) is 19.1 Å². The Bertz CT molecular complexity index is 1450. The molecule has 0 saturated heterocycles. The highest BCUT2D eigenvalue weighted by Gasteiger charge is 2.10. The Morgan fingerprint density at radius 2 is 1.66 bits per heavy atom. The molecule has 4 N–H and O–H groups in total. The number of nitrogens with one attached hydrogen (secondary N) is 3. The first-order chi connectivity index (χ1) is 18.8. The summed E-state index contributed by atoms with van der Waals surface area (Å²) in [6.07, 6.45) is 4.37. The second kappa shape index (κ2) is 12.6. The van der Waals surface area contributed by atoms with Gasteiger partial charge in [-0.05, 0) is 48.4 Å². The third-order valence-electron chi connectivity index (χ3n) is 5.90. The number of imidazole rings is 1. The number of hydrogen-bond donors (Lipinski definition) is 4. The number of benzene rings is 3. The number of aliphatic hydroxyl groups excluding tert-OH is 1. The predicted octanol–water partition coefficient (Wildman–Crippen LogP) is 5.30. The zero-order valence-corrected chi connectivity index (χ0v) is 21.0. The molecule has 2 heterocycles.